The first-order valence-corrected chi connectivity index (χ1v) is 5.04. The molecule has 0 spiro atoms. The van der Waals surface area contributed by atoms with E-state index in [4.69, 9.17) is 5.73 Å². The Labute approximate surface area is 92.2 Å². The number of hydrogen-bond acceptors (Lipinski definition) is 4. The highest BCUT2D eigenvalue weighted by Crippen LogP contribution is 2.34. The second-order valence-corrected chi connectivity index (χ2v) is 4.03. The smallest absolute Gasteiger partial charge is 0.221 e. The molecule has 5 heteroatoms. The number of nitrogens with two attached hydrogens (primary N) is 1. The maximum Gasteiger partial charge on any atom is 0.221 e. The van der Waals surface area contributed by atoms with Gasteiger partial charge < -0.3 is 16.2 Å². The van der Waals surface area contributed by atoms with Crippen LogP contribution in [0.1, 0.15) is 6.92 Å². The number of carbonyl (C=O) groups excluding carboxylic acids is 1. The van der Waals surface area contributed by atoms with Crippen LogP contribution in [-0.4, -0.2) is 11.0 Å². The fourth-order valence-corrected chi connectivity index (χ4v) is 1.80. The zero-order valence-electron chi connectivity index (χ0n) is 8.28. The molecule has 0 unspecified atom stereocenters. The van der Waals surface area contributed by atoms with Crippen LogP contribution in [0.25, 0.3) is 0 Å². The van der Waals surface area contributed by atoms with Crippen LogP contribution in [0.15, 0.2) is 34.7 Å². The lowest BCUT2D eigenvalue weighted by molar-refractivity contribution is -0.118. The quantitative estimate of drug-likeness (QED) is 0.415. The molecule has 4 nitrogen and oxygen atoms in total. The number of hydrogen-bond donors (Lipinski definition) is 3. The second kappa shape index (κ2) is 4.75. The molecule has 0 aromatic heterocycles. The molecule has 1 aromatic rings. The zero-order valence-corrected chi connectivity index (χ0v) is 9.10. The van der Waals surface area contributed by atoms with Gasteiger partial charge >= 0.3 is 0 Å². The molecule has 0 radical (unpaired) electrons. The molecule has 0 saturated carbocycles. The van der Waals surface area contributed by atoms with E-state index in [-0.39, 0.29) is 17.3 Å². The molecule has 4 N–H and O–H groups in total. The predicted molar refractivity (Wildman–Crippen MR) is 61.3 cm³/mol. The zero-order chi connectivity index (χ0) is 11.4. The van der Waals surface area contributed by atoms with Gasteiger partial charge in [0, 0.05) is 11.8 Å². The first-order valence-electron chi connectivity index (χ1n) is 4.22. The van der Waals surface area contributed by atoms with E-state index < -0.39 is 0 Å². The number of carbonyl (C=O) groups is 1. The lowest BCUT2D eigenvalue weighted by atomic mass is 10.3. The Morgan fingerprint density at radius 2 is 2.27 bits per heavy atom. The van der Waals surface area contributed by atoms with Crippen LogP contribution in [0.5, 0.6) is 5.75 Å². The number of aromatic hydroxyl groups is 1. The summed E-state index contributed by atoms with van der Waals surface area (Å²) in [6.45, 7) is 5.06. The number of anilines is 1. The van der Waals surface area contributed by atoms with Gasteiger partial charge in [-0.05, 0) is 12.1 Å². The molecule has 0 saturated heterocycles. The average molecular weight is 224 g/mol. The Hall–Kier alpha value is -1.62. The molecule has 0 aliphatic carbocycles. The molecule has 1 amide bonds. The van der Waals surface area contributed by atoms with Crippen molar-refractivity contribution in [3.63, 3.8) is 0 Å². The van der Waals surface area contributed by atoms with Crippen molar-refractivity contribution in [1.29, 1.82) is 0 Å². The summed E-state index contributed by atoms with van der Waals surface area (Å²) >= 11 is 1.20. The van der Waals surface area contributed by atoms with E-state index in [0.29, 0.717) is 9.92 Å². The minimum atomic E-state index is -0.189. The highest BCUT2D eigenvalue weighted by molar-refractivity contribution is 8.03. The van der Waals surface area contributed by atoms with Crippen LogP contribution in [0, 0.1) is 0 Å². The largest absolute Gasteiger partial charge is 0.506 e. The van der Waals surface area contributed by atoms with Crippen LogP contribution in [0.4, 0.5) is 5.69 Å². The van der Waals surface area contributed by atoms with Gasteiger partial charge in [-0.25, -0.2) is 0 Å². The third kappa shape index (κ3) is 3.21. The van der Waals surface area contributed by atoms with Crippen molar-refractivity contribution in [2.75, 3.05) is 5.73 Å². The van der Waals surface area contributed by atoms with Crippen molar-refractivity contribution in [2.45, 2.75) is 11.8 Å². The summed E-state index contributed by atoms with van der Waals surface area (Å²) in [6, 6.07) is 4.92. The number of phenols is 1. The monoisotopic (exact) mass is 224 g/mol. The van der Waals surface area contributed by atoms with Crippen molar-refractivity contribution in [3.8, 4) is 5.75 Å². The van der Waals surface area contributed by atoms with Crippen LogP contribution >= 0.6 is 11.8 Å². The van der Waals surface area contributed by atoms with E-state index >= 15 is 0 Å². The Balaban J connectivity index is 2.77. The van der Waals surface area contributed by atoms with E-state index in [0.717, 1.165) is 0 Å². The van der Waals surface area contributed by atoms with Gasteiger partial charge in [0.1, 0.15) is 5.75 Å². The first-order chi connectivity index (χ1) is 7.00. The Kier molecular flexibility index (Phi) is 3.62. The Bertz CT molecular complexity index is 404. The second-order valence-electron chi connectivity index (χ2n) is 2.90. The van der Waals surface area contributed by atoms with Gasteiger partial charge in [-0.3, -0.25) is 4.79 Å². The lowest BCUT2D eigenvalue weighted by Gasteiger charge is -2.08. The molecule has 0 fully saturated rings. The molecule has 0 aliphatic heterocycles. The standard InChI is InChI=1S/C10H12N2O2S/c1-6(13)12-7(2)15-9-5-3-4-8(14)10(9)11/h3-5,14H,2,11H2,1H3,(H,12,13). The number of nitrogen functional groups attached to an aromatic ring is 1. The fourth-order valence-electron chi connectivity index (χ4n) is 0.976. The van der Waals surface area contributed by atoms with Gasteiger partial charge in [0.15, 0.2) is 0 Å². The van der Waals surface area contributed by atoms with E-state index in [1.54, 1.807) is 12.1 Å². The number of nitrogens with one attached hydrogen (secondary N) is 1. The molecule has 0 aliphatic rings. The van der Waals surface area contributed by atoms with E-state index in [1.807, 2.05) is 0 Å². The van der Waals surface area contributed by atoms with Gasteiger partial charge in [-0.1, -0.05) is 24.4 Å². The summed E-state index contributed by atoms with van der Waals surface area (Å²) in [5.41, 5.74) is 5.92. The topological polar surface area (TPSA) is 75.3 Å². The van der Waals surface area contributed by atoms with Gasteiger partial charge in [0.2, 0.25) is 5.91 Å². The molecular weight excluding hydrogens is 212 g/mol. The summed E-state index contributed by atoms with van der Waals surface area (Å²) in [7, 11) is 0. The minimum Gasteiger partial charge on any atom is -0.506 e. The highest BCUT2D eigenvalue weighted by Gasteiger charge is 2.06. The first kappa shape index (κ1) is 11.5. The predicted octanol–water partition coefficient (Wildman–Crippen LogP) is 1.67. The molecule has 0 bridgehead atoms. The number of para-hydroxylation sites is 1. The summed E-state index contributed by atoms with van der Waals surface area (Å²) in [5.74, 6) is -0.165. The fraction of sp³-hybridized carbons (Fsp3) is 0.100. The summed E-state index contributed by atoms with van der Waals surface area (Å²) in [4.78, 5) is 11.4. The Morgan fingerprint density at radius 1 is 1.60 bits per heavy atom. The molecular formula is C10H12N2O2S. The van der Waals surface area contributed by atoms with Gasteiger partial charge in [0.25, 0.3) is 0 Å². The van der Waals surface area contributed by atoms with E-state index in [2.05, 4.69) is 11.9 Å². The molecule has 1 aromatic carbocycles. The van der Waals surface area contributed by atoms with Crippen LogP contribution in [-0.2, 0) is 4.79 Å². The van der Waals surface area contributed by atoms with Gasteiger partial charge in [-0.2, -0.15) is 0 Å². The summed E-state index contributed by atoms with van der Waals surface area (Å²) < 4.78 is 0. The van der Waals surface area contributed by atoms with Crippen molar-refractivity contribution in [2.24, 2.45) is 0 Å². The van der Waals surface area contributed by atoms with Gasteiger partial charge in [0.05, 0.1) is 10.7 Å². The maximum absolute atomic E-state index is 10.7. The SMILES string of the molecule is C=C(NC(C)=O)Sc1cccc(O)c1N. The van der Waals surface area contributed by atoms with E-state index in [1.165, 1.54) is 24.8 Å². The summed E-state index contributed by atoms with van der Waals surface area (Å²) in [5, 5.41) is 12.3. The molecule has 80 valence electrons. The summed E-state index contributed by atoms with van der Waals surface area (Å²) in [6.07, 6.45) is 0. The van der Waals surface area contributed by atoms with Crippen molar-refractivity contribution in [1.82, 2.24) is 5.32 Å². The normalized spacial score (nSPS) is 9.67. The number of rotatable bonds is 3. The number of thioether (sulfide) groups is 1. The Morgan fingerprint density at radius 3 is 2.87 bits per heavy atom. The van der Waals surface area contributed by atoms with Crippen LogP contribution < -0.4 is 11.1 Å². The molecule has 0 atom stereocenters. The minimum absolute atomic E-state index is 0.0237. The van der Waals surface area contributed by atoms with Crippen molar-refractivity contribution >= 4 is 23.4 Å². The molecule has 15 heavy (non-hydrogen) atoms. The number of phenolic OH excluding ortho intramolecular Hbond substituents is 1. The van der Waals surface area contributed by atoms with Crippen molar-refractivity contribution in [3.05, 3.63) is 29.8 Å². The molecule has 0 heterocycles. The van der Waals surface area contributed by atoms with Crippen LogP contribution in [0.2, 0.25) is 0 Å². The van der Waals surface area contributed by atoms with Gasteiger partial charge in [-0.15, -0.1) is 0 Å². The van der Waals surface area contributed by atoms with Crippen molar-refractivity contribution < 1.29 is 9.90 Å². The van der Waals surface area contributed by atoms with E-state index in [9.17, 15) is 9.90 Å². The third-order valence-corrected chi connectivity index (χ3v) is 2.52. The van der Waals surface area contributed by atoms with Crippen LogP contribution in [0.3, 0.4) is 0 Å². The number of amides is 1. The highest BCUT2D eigenvalue weighted by atomic mass is 32.2. The lowest BCUT2D eigenvalue weighted by Crippen LogP contribution is -2.16. The number of benzene rings is 1. The molecule has 1 rings (SSSR count). The average Bonchev–Trinajstić information content (AvgIpc) is 2.11. The third-order valence-electron chi connectivity index (χ3n) is 1.59. The maximum atomic E-state index is 10.7.